The molecule has 4 nitrogen and oxygen atoms in total. The van der Waals surface area contributed by atoms with Crippen molar-refractivity contribution in [3.05, 3.63) is 23.0 Å². The van der Waals surface area contributed by atoms with Crippen LogP contribution < -0.4 is 10.6 Å². The lowest BCUT2D eigenvalue weighted by Gasteiger charge is -2.12. The van der Waals surface area contributed by atoms with Crippen LogP contribution in [0.1, 0.15) is 12.6 Å². The van der Waals surface area contributed by atoms with Gasteiger partial charge in [-0.2, -0.15) is 0 Å². The third-order valence-electron chi connectivity index (χ3n) is 2.27. The number of nitrogens with zero attached hydrogens (tertiary/aromatic N) is 1. The van der Waals surface area contributed by atoms with Gasteiger partial charge in [0.2, 0.25) is 5.91 Å². The first-order valence-corrected chi connectivity index (χ1v) is 5.51. The minimum absolute atomic E-state index is 0.0263. The SMILES string of the molecule is CNCC(C)C(=O)Nc1ccc(Cl)nc1C. The summed E-state index contributed by atoms with van der Waals surface area (Å²) in [6, 6.07) is 3.42. The summed E-state index contributed by atoms with van der Waals surface area (Å²) in [5, 5.41) is 6.21. The van der Waals surface area contributed by atoms with Crippen molar-refractivity contribution < 1.29 is 4.79 Å². The number of carbonyl (C=O) groups excluding carboxylic acids is 1. The molecule has 1 unspecified atom stereocenters. The van der Waals surface area contributed by atoms with Gasteiger partial charge in [-0.05, 0) is 26.1 Å². The Hall–Kier alpha value is -1.13. The van der Waals surface area contributed by atoms with E-state index < -0.39 is 0 Å². The van der Waals surface area contributed by atoms with Crippen molar-refractivity contribution in [3.8, 4) is 0 Å². The van der Waals surface area contributed by atoms with E-state index in [9.17, 15) is 4.79 Å². The molecule has 1 atom stereocenters. The second-order valence-corrected chi connectivity index (χ2v) is 4.10. The molecule has 0 aliphatic rings. The smallest absolute Gasteiger partial charge is 0.228 e. The summed E-state index contributed by atoms with van der Waals surface area (Å²) < 4.78 is 0. The number of aryl methyl sites for hydroxylation is 1. The molecule has 0 aliphatic carbocycles. The van der Waals surface area contributed by atoms with Crippen molar-refractivity contribution >= 4 is 23.2 Å². The zero-order chi connectivity index (χ0) is 12.1. The molecule has 0 aliphatic heterocycles. The number of hydrogen-bond donors (Lipinski definition) is 2. The van der Waals surface area contributed by atoms with Crippen molar-refractivity contribution in [2.75, 3.05) is 18.9 Å². The number of rotatable bonds is 4. The zero-order valence-electron chi connectivity index (χ0n) is 9.67. The topological polar surface area (TPSA) is 54.0 Å². The molecule has 1 heterocycles. The molecule has 1 amide bonds. The number of aromatic nitrogens is 1. The highest BCUT2D eigenvalue weighted by molar-refractivity contribution is 6.29. The monoisotopic (exact) mass is 241 g/mol. The summed E-state index contributed by atoms with van der Waals surface area (Å²) in [7, 11) is 1.82. The lowest BCUT2D eigenvalue weighted by Crippen LogP contribution is -2.28. The predicted octanol–water partition coefficient (Wildman–Crippen LogP) is 1.84. The molecule has 0 saturated carbocycles. The van der Waals surface area contributed by atoms with E-state index in [-0.39, 0.29) is 11.8 Å². The number of nitrogens with one attached hydrogen (secondary N) is 2. The second-order valence-electron chi connectivity index (χ2n) is 3.71. The van der Waals surface area contributed by atoms with Gasteiger partial charge in [-0.25, -0.2) is 4.98 Å². The van der Waals surface area contributed by atoms with Crippen molar-refractivity contribution in [2.24, 2.45) is 5.92 Å². The lowest BCUT2D eigenvalue weighted by molar-refractivity contribution is -0.119. The normalized spacial score (nSPS) is 12.2. The summed E-state index contributed by atoms with van der Waals surface area (Å²) in [5.41, 5.74) is 1.43. The van der Waals surface area contributed by atoms with Crippen LogP contribution in [0.2, 0.25) is 5.15 Å². The Kier molecular flexibility index (Phi) is 4.71. The molecule has 0 spiro atoms. The van der Waals surface area contributed by atoms with E-state index >= 15 is 0 Å². The molecule has 1 rings (SSSR count). The fraction of sp³-hybridized carbons (Fsp3) is 0.455. The first kappa shape index (κ1) is 12.9. The van der Waals surface area contributed by atoms with E-state index in [0.29, 0.717) is 17.4 Å². The van der Waals surface area contributed by atoms with Crippen LogP contribution in [-0.4, -0.2) is 24.5 Å². The average Bonchev–Trinajstić information content (AvgIpc) is 2.22. The maximum atomic E-state index is 11.7. The summed E-state index contributed by atoms with van der Waals surface area (Å²) >= 11 is 5.73. The van der Waals surface area contributed by atoms with Crippen LogP contribution in [0.25, 0.3) is 0 Å². The average molecular weight is 242 g/mol. The van der Waals surface area contributed by atoms with Crippen molar-refractivity contribution in [3.63, 3.8) is 0 Å². The molecule has 0 radical (unpaired) electrons. The molecule has 0 aromatic carbocycles. The summed E-state index contributed by atoms with van der Waals surface area (Å²) in [4.78, 5) is 15.8. The number of pyridine rings is 1. The molecule has 5 heteroatoms. The van der Waals surface area contributed by atoms with E-state index in [1.54, 1.807) is 12.1 Å². The Balaban J connectivity index is 2.69. The van der Waals surface area contributed by atoms with Gasteiger partial charge in [-0.3, -0.25) is 4.79 Å². The summed E-state index contributed by atoms with van der Waals surface area (Å²) in [6.07, 6.45) is 0. The van der Waals surface area contributed by atoms with Gasteiger partial charge in [0.15, 0.2) is 0 Å². The Morgan fingerprint density at radius 2 is 2.25 bits per heavy atom. The van der Waals surface area contributed by atoms with E-state index in [2.05, 4.69) is 15.6 Å². The quantitative estimate of drug-likeness (QED) is 0.791. The maximum Gasteiger partial charge on any atom is 0.228 e. The molecule has 1 aromatic heterocycles. The van der Waals surface area contributed by atoms with E-state index in [0.717, 1.165) is 5.69 Å². The number of anilines is 1. The van der Waals surface area contributed by atoms with E-state index in [1.165, 1.54) is 0 Å². The fourth-order valence-electron chi connectivity index (χ4n) is 1.32. The number of amides is 1. The standard InChI is InChI=1S/C11H16ClN3O/c1-7(6-13-3)11(16)15-9-4-5-10(12)14-8(9)2/h4-5,7,13H,6H2,1-3H3,(H,15,16). The minimum Gasteiger partial charge on any atom is -0.324 e. The second kappa shape index (κ2) is 5.82. The van der Waals surface area contributed by atoms with Crippen molar-refractivity contribution in [1.82, 2.24) is 10.3 Å². The Bertz CT molecular complexity index is 381. The highest BCUT2D eigenvalue weighted by atomic mass is 35.5. The van der Waals surface area contributed by atoms with Crippen LogP contribution in [0.5, 0.6) is 0 Å². The number of hydrogen-bond acceptors (Lipinski definition) is 3. The largest absolute Gasteiger partial charge is 0.324 e. The van der Waals surface area contributed by atoms with E-state index in [1.807, 2.05) is 20.9 Å². The van der Waals surface area contributed by atoms with Crippen molar-refractivity contribution in [2.45, 2.75) is 13.8 Å². The fourth-order valence-corrected chi connectivity index (χ4v) is 1.51. The van der Waals surface area contributed by atoms with Crippen LogP contribution in [0.4, 0.5) is 5.69 Å². The van der Waals surface area contributed by atoms with E-state index in [4.69, 9.17) is 11.6 Å². The molecule has 0 bridgehead atoms. The summed E-state index contributed by atoms with van der Waals surface area (Å²) in [5.74, 6) is -0.110. The number of halogens is 1. The Morgan fingerprint density at radius 3 is 2.81 bits per heavy atom. The first-order valence-electron chi connectivity index (χ1n) is 5.13. The molecule has 1 aromatic rings. The first-order chi connectivity index (χ1) is 7.54. The van der Waals surface area contributed by atoms with Crippen LogP contribution in [0, 0.1) is 12.8 Å². The Labute approximate surface area is 100 Å². The summed E-state index contributed by atoms with van der Waals surface area (Å²) in [6.45, 7) is 4.32. The van der Waals surface area contributed by atoms with Crippen LogP contribution >= 0.6 is 11.6 Å². The lowest BCUT2D eigenvalue weighted by atomic mass is 10.1. The van der Waals surface area contributed by atoms with Crippen LogP contribution in [-0.2, 0) is 4.79 Å². The molecule has 0 fully saturated rings. The third-order valence-corrected chi connectivity index (χ3v) is 2.48. The van der Waals surface area contributed by atoms with Crippen LogP contribution in [0.3, 0.4) is 0 Å². The third kappa shape index (κ3) is 3.47. The van der Waals surface area contributed by atoms with Gasteiger partial charge in [0.25, 0.3) is 0 Å². The number of carbonyl (C=O) groups is 1. The van der Waals surface area contributed by atoms with Crippen LogP contribution in [0.15, 0.2) is 12.1 Å². The minimum atomic E-state index is -0.0833. The van der Waals surface area contributed by atoms with Gasteiger partial charge in [0.1, 0.15) is 5.15 Å². The zero-order valence-corrected chi connectivity index (χ0v) is 10.4. The van der Waals surface area contributed by atoms with Gasteiger partial charge in [0, 0.05) is 12.5 Å². The van der Waals surface area contributed by atoms with Gasteiger partial charge < -0.3 is 10.6 Å². The highest BCUT2D eigenvalue weighted by Crippen LogP contribution is 2.16. The molecular formula is C11H16ClN3O. The van der Waals surface area contributed by atoms with Crippen molar-refractivity contribution in [1.29, 1.82) is 0 Å². The molecule has 0 saturated heterocycles. The molecule has 16 heavy (non-hydrogen) atoms. The van der Waals surface area contributed by atoms with Gasteiger partial charge in [-0.1, -0.05) is 18.5 Å². The highest BCUT2D eigenvalue weighted by Gasteiger charge is 2.13. The molecule has 88 valence electrons. The predicted molar refractivity (Wildman–Crippen MR) is 65.7 cm³/mol. The maximum absolute atomic E-state index is 11.7. The van der Waals surface area contributed by atoms with Gasteiger partial charge in [0.05, 0.1) is 11.4 Å². The van der Waals surface area contributed by atoms with Gasteiger partial charge in [-0.15, -0.1) is 0 Å². The Morgan fingerprint density at radius 1 is 1.56 bits per heavy atom. The molecular weight excluding hydrogens is 226 g/mol. The molecule has 2 N–H and O–H groups in total. The van der Waals surface area contributed by atoms with Gasteiger partial charge >= 0.3 is 0 Å².